The summed E-state index contributed by atoms with van der Waals surface area (Å²) in [6, 6.07) is -0.0363. The van der Waals surface area contributed by atoms with E-state index >= 15 is 0 Å². The highest BCUT2D eigenvalue weighted by Gasteiger charge is 2.03. The van der Waals surface area contributed by atoms with Gasteiger partial charge in [-0.2, -0.15) is 0 Å². The summed E-state index contributed by atoms with van der Waals surface area (Å²) in [4.78, 5) is 11.0. The second-order valence-corrected chi connectivity index (χ2v) is 3.19. The van der Waals surface area contributed by atoms with Gasteiger partial charge in [0, 0.05) is 19.1 Å². The van der Waals surface area contributed by atoms with Gasteiger partial charge < -0.3 is 16.4 Å². The predicted molar refractivity (Wildman–Crippen MR) is 54.6 cm³/mol. The molecule has 78 valence electrons. The summed E-state index contributed by atoms with van der Waals surface area (Å²) in [5.74, 6) is 0. The SMILES string of the molecule is CCCNC(=O)NCC(N)CCC. The van der Waals surface area contributed by atoms with E-state index in [1.54, 1.807) is 0 Å². The van der Waals surface area contributed by atoms with Gasteiger partial charge in [-0.3, -0.25) is 0 Å². The minimum Gasteiger partial charge on any atom is -0.338 e. The molecule has 0 aliphatic rings. The van der Waals surface area contributed by atoms with Gasteiger partial charge in [-0.05, 0) is 12.8 Å². The Morgan fingerprint density at radius 2 is 2.00 bits per heavy atom. The molecule has 0 heterocycles. The van der Waals surface area contributed by atoms with Crippen molar-refractivity contribution in [2.75, 3.05) is 13.1 Å². The third-order valence-electron chi connectivity index (χ3n) is 1.72. The first-order valence-electron chi connectivity index (χ1n) is 4.98. The molecule has 0 radical (unpaired) electrons. The van der Waals surface area contributed by atoms with Gasteiger partial charge in [0.15, 0.2) is 0 Å². The molecule has 4 N–H and O–H groups in total. The van der Waals surface area contributed by atoms with E-state index in [0.29, 0.717) is 6.54 Å². The molecule has 4 nitrogen and oxygen atoms in total. The van der Waals surface area contributed by atoms with E-state index in [2.05, 4.69) is 17.6 Å². The topological polar surface area (TPSA) is 67.2 Å². The maximum absolute atomic E-state index is 11.0. The molecule has 0 aromatic heterocycles. The lowest BCUT2D eigenvalue weighted by atomic mass is 10.2. The highest BCUT2D eigenvalue weighted by atomic mass is 16.2. The predicted octanol–water partition coefficient (Wildman–Crippen LogP) is 0.823. The Balaban J connectivity index is 3.34. The van der Waals surface area contributed by atoms with Gasteiger partial charge in [0.2, 0.25) is 0 Å². The van der Waals surface area contributed by atoms with E-state index in [-0.39, 0.29) is 12.1 Å². The molecule has 0 aliphatic heterocycles. The lowest BCUT2D eigenvalue weighted by Gasteiger charge is -2.11. The van der Waals surface area contributed by atoms with Crippen LogP contribution in [0.5, 0.6) is 0 Å². The number of urea groups is 1. The lowest BCUT2D eigenvalue weighted by Crippen LogP contribution is -2.42. The molecular formula is C9H21N3O. The maximum Gasteiger partial charge on any atom is 0.314 e. The van der Waals surface area contributed by atoms with Crippen LogP contribution in [0, 0.1) is 0 Å². The van der Waals surface area contributed by atoms with Crippen LogP contribution < -0.4 is 16.4 Å². The van der Waals surface area contributed by atoms with Crippen LogP contribution in [0.4, 0.5) is 4.79 Å². The summed E-state index contributed by atoms with van der Waals surface area (Å²) in [6.07, 6.45) is 2.96. The third-order valence-corrected chi connectivity index (χ3v) is 1.72. The molecule has 0 aliphatic carbocycles. The molecule has 1 unspecified atom stereocenters. The summed E-state index contributed by atoms with van der Waals surface area (Å²) in [5, 5.41) is 5.45. The van der Waals surface area contributed by atoms with E-state index < -0.39 is 0 Å². The molecule has 2 amide bonds. The van der Waals surface area contributed by atoms with E-state index in [1.807, 2.05) is 6.92 Å². The van der Waals surface area contributed by atoms with Gasteiger partial charge in [0.05, 0.1) is 0 Å². The van der Waals surface area contributed by atoms with Crippen LogP contribution in [-0.4, -0.2) is 25.2 Å². The van der Waals surface area contributed by atoms with Crippen LogP contribution in [0.15, 0.2) is 0 Å². The van der Waals surface area contributed by atoms with Crippen molar-refractivity contribution >= 4 is 6.03 Å². The van der Waals surface area contributed by atoms with Crippen LogP contribution in [0.3, 0.4) is 0 Å². The standard InChI is InChI=1S/C9H21N3O/c1-3-5-8(10)7-12-9(13)11-6-4-2/h8H,3-7,10H2,1-2H3,(H2,11,12,13). The monoisotopic (exact) mass is 187 g/mol. The molecule has 0 saturated carbocycles. The average molecular weight is 187 g/mol. The summed E-state index contributed by atoms with van der Waals surface area (Å²) < 4.78 is 0. The van der Waals surface area contributed by atoms with Crippen molar-refractivity contribution in [2.45, 2.75) is 39.2 Å². The van der Waals surface area contributed by atoms with Gasteiger partial charge >= 0.3 is 6.03 Å². The number of hydrogen-bond donors (Lipinski definition) is 3. The maximum atomic E-state index is 11.0. The number of nitrogens with two attached hydrogens (primary N) is 1. The number of nitrogens with one attached hydrogen (secondary N) is 2. The minimum atomic E-state index is -0.117. The molecule has 1 atom stereocenters. The molecule has 0 fully saturated rings. The molecule has 0 spiro atoms. The van der Waals surface area contributed by atoms with Crippen LogP contribution in [0.2, 0.25) is 0 Å². The highest BCUT2D eigenvalue weighted by molar-refractivity contribution is 5.73. The number of carbonyl (C=O) groups is 1. The van der Waals surface area contributed by atoms with E-state index in [9.17, 15) is 4.79 Å². The molecule has 0 aromatic rings. The summed E-state index contributed by atoms with van der Waals surface area (Å²) in [5.41, 5.74) is 5.72. The first-order valence-corrected chi connectivity index (χ1v) is 4.98. The largest absolute Gasteiger partial charge is 0.338 e. The second kappa shape index (κ2) is 7.86. The van der Waals surface area contributed by atoms with Gasteiger partial charge in [0.25, 0.3) is 0 Å². The van der Waals surface area contributed by atoms with Crippen molar-refractivity contribution in [1.29, 1.82) is 0 Å². The fourth-order valence-electron chi connectivity index (χ4n) is 0.998. The second-order valence-electron chi connectivity index (χ2n) is 3.19. The number of carbonyl (C=O) groups excluding carboxylic acids is 1. The zero-order valence-corrected chi connectivity index (χ0v) is 8.60. The van der Waals surface area contributed by atoms with Gasteiger partial charge in [-0.25, -0.2) is 4.79 Å². The normalized spacial score (nSPS) is 12.2. The average Bonchev–Trinajstić information content (AvgIpc) is 2.12. The minimum absolute atomic E-state index is 0.0809. The fraction of sp³-hybridized carbons (Fsp3) is 0.889. The molecule has 0 aromatic carbocycles. The Bertz CT molecular complexity index is 139. The highest BCUT2D eigenvalue weighted by Crippen LogP contribution is 1.90. The zero-order valence-electron chi connectivity index (χ0n) is 8.60. The Kier molecular flexibility index (Phi) is 7.39. The van der Waals surface area contributed by atoms with Crippen LogP contribution in [0.25, 0.3) is 0 Å². The molecule has 13 heavy (non-hydrogen) atoms. The van der Waals surface area contributed by atoms with Crippen molar-refractivity contribution in [1.82, 2.24) is 10.6 Å². The number of rotatable bonds is 6. The Labute approximate surface area is 80.3 Å². The van der Waals surface area contributed by atoms with Gasteiger partial charge in [-0.1, -0.05) is 20.3 Å². The van der Waals surface area contributed by atoms with Crippen LogP contribution in [0.1, 0.15) is 33.1 Å². The molecule has 0 saturated heterocycles. The van der Waals surface area contributed by atoms with E-state index in [1.165, 1.54) is 0 Å². The summed E-state index contributed by atoms with van der Waals surface area (Å²) in [7, 11) is 0. The molecule has 0 bridgehead atoms. The van der Waals surface area contributed by atoms with Crippen LogP contribution in [-0.2, 0) is 0 Å². The van der Waals surface area contributed by atoms with Crippen molar-refractivity contribution < 1.29 is 4.79 Å². The third kappa shape index (κ3) is 7.59. The van der Waals surface area contributed by atoms with Crippen molar-refractivity contribution in [3.63, 3.8) is 0 Å². The van der Waals surface area contributed by atoms with Gasteiger partial charge in [0.1, 0.15) is 0 Å². The van der Waals surface area contributed by atoms with Crippen molar-refractivity contribution in [3.05, 3.63) is 0 Å². The molecule has 4 heteroatoms. The first-order chi connectivity index (χ1) is 6.20. The molecular weight excluding hydrogens is 166 g/mol. The number of amides is 2. The smallest absolute Gasteiger partial charge is 0.314 e. The summed E-state index contributed by atoms with van der Waals surface area (Å²) >= 11 is 0. The van der Waals surface area contributed by atoms with Crippen molar-refractivity contribution in [2.24, 2.45) is 5.73 Å². The Morgan fingerprint density at radius 1 is 1.31 bits per heavy atom. The van der Waals surface area contributed by atoms with E-state index in [4.69, 9.17) is 5.73 Å². The molecule has 0 rings (SSSR count). The summed E-state index contributed by atoms with van der Waals surface area (Å²) in [6.45, 7) is 5.37. The van der Waals surface area contributed by atoms with Crippen molar-refractivity contribution in [3.8, 4) is 0 Å². The quantitative estimate of drug-likeness (QED) is 0.576. The number of hydrogen-bond acceptors (Lipinski definition) is 2. The van der Waals surface area contributed by atoms with Crippen LogP contribution >= 0.6 is 0 Å². The van der Waals surface area contributed by atoms with Gasteiger partial charge in [-0.15, -0.1) is 0 Å². The fourth-order valence-corrected chi connectivity index (χ4v) is 0.998. The first kappa shape index (κ1) is 12.2. The van der Waals surface area contributed by atoms with E-state index in [0.717, 1.165) is 25.8 Å². The lowest BCUT2D eigenvalue weighted by molar-refractivity contribution is 0.240. The Morgan fingerprint density at radius 3 is 2.54 bits per heavy atom. The zero-order chi connectivity index (χ0) is 10.1. The Hall–Kier alpha value is -0.770.